The number of carbonyl (C=O) groups excluding carboxylic acids is 2. The van der Waals surface area contributed by atoms with Crippen molar-refractivity contribution in [2.75, 3.05) is 20.0 Å². The molecule has 3 aliphatic heterocycles. The summed E-state index contributed by atoms with van der Waals surface area (Å²) in [5.74, 6) is -0.156. The lowest BCUT2D eigenvalue weighted by Crippen LogP contribution is -2.40. The van der Waals surface area contributed by atoms with Crippen LogP contribution in [0.15, 0.2) is 34.5 Å². The van der Waals surface area contributed by atoms with Crippen molar-refractivity contribution in [2.24, 2.45) is 16.3 Å². The summed E-state index contributed by atoms with van der Waals surface area (Å²) >= 11 is 0. The lowest BCUT2D eigenvalue weighted by Gasteiger charge is -2.39. The molecular formula is C25H29NO6. The van der Waals surface area contributed by atoms with Crippen LogP contribution in [0.1, 0.15) is 57.9 Å². The molecule has 170 valence electrons. The zero-order valence-corrected chi connectivity index (χ0v) is 18.8. The van der Waals surface area contributed by atoms with Gasteiger partial charge < -0.3 is 18.9 Å². The van der Waals surface area contributed by atoms with E-state index >= 15 is 0 Å². The number of aliphatic imine (C=N–C) groups is 1. The fourth-order valence-corrected chi connectivity index (χ4v) is 5.26. The molecule has 1 aromatic carbocycles. The van der Waals surface area contributed by atoms with E-state index in [1.165, 1.54) is 0 Å². The number of hydrogen-bond acceptors (Lipinski definition) is 7. The Morgan fingerprint density at radius 1 is 1.22 bits per heavy atom. The second-order valence-electron chi connectivity index (χ2n) is 9.89. The second kappa shape index (κ2) is 8.03. The number of ketones is 1. The molecule has 1 aliphatic carbocycles. The Hall–Kier alpha value is -2.67. The van der Waals surface area contributed by atoms with E-state index in [0.717, 1.165) is 24.1 Å². The summed E-state index contributed by atoms with van der Waals surface area (Å²) in [6, 6.07) is 5.63. The van der Waals surface area contributed by atoms with Gasteiger partial charge in [0, 0.05) is 35.9 Å². The molecule has 0 aromatic heterocycles. The van der Waals surface area contributed by atoms with Crippen molar-refractivity contribution >= 4 is 17.5 Å². The SMILES string of the molecule is CC1=NC2=C(C(=O)CC(C)(C)C2)[C@H](c2ccc3c(c2)OCO3)C1C(=O)OC[C@H]1CCCO1. The van der Waals surface area contributed by atoms with Gasteiger partial charge in [-0.1, -0.05) is 19.9 Å². The zero-order chi connectivity index (χ0) is 22.5. The first-order valence-electron chi connectivity index (χ1n) is 11.3. The highest BCUT2D eigenvalue weighted by molar-refractivity contribution is 6.09. The highest BCUT2D eigenvalue weighted by Crippen LogP contribution is 2.49. The first kappa shape index (κ1) is 21.2. The molecule has 1 fully saturated rings. The summed E-state index contributed by atoms with van der Waals surface area (Å²) in [6.07, 6.45) is 2.94. The molecule has 1 saturated heterocycles. The minimum absolute atomic E-state index is 0.0482. The van der Waals surface area contributed by atoms with Gasteiger partial charge in [0.1, 0.15) is 12.5 Å². The number of rotatable bonds is 4. The summed E-state index contributed by atoms with van der Waals surface area (Å²) in [5.41, 5.74) is 2.77. The van der Waals surface area contributed by atoms with Gasteiger partial charge in [-0.25, -0.2) is 0 Å². The lowest BCUT2D eigenvalue weighted by atomic mass is 9.67. The Kier molecular flexibility index (Phi) is 5.32. The standard InChI is InChI=1S/C25H29NO6/c1-14-21(24(28)30-12-16-5-4-8-29-16)22(15-6-7-19-20(9-15)32-13-31-19)23-17(26-14)10-25(2,3)11-18(23)27/h6-7,9,16,21-22H,4-5,8,10-13H2,1-3H3/t16-,21?,22-/m1/s1. The van der Waals surface area contributed by atoms with Crippen molar-refractivity contribution in [1.82, 2.24) is 0 Å². The largest absolute Gasteiger partial charge is 0.462 e. The molecule has 0 amide bonds. The van der Waals surface area contributed by atoms with Gasteiger partial charge in [0.25, 0.3) is 0 Å². The summed E-state index contributed by atoms with van der Waals surface area (Å²) in [4.78, 5) is 31.5. The first-order valence-corrected chi connectivity index (χ1v) is 11.3. The Labute approximate surface area is 187 Å². The third-order valence-corrected chi connectivity index (χ3v) is 6.75. The molecule has 5 rings (SSSR count). The lowest BCUT2D eigenvalue weighted by molar-refractivity contribution is -0.149. The average molecular weight is 440 g/mol. The Bertz CT molecular complexity index is 1020. The van der Waals surface area contributed by atoms with Crippen molar-refractivity contribution < 1.29 is 28.5 Å². The van der Waals surface area contributed by atoms with Crippen molar-refractivity contribution in [3.63, 3.8) is 0 Å². The summed E-state index contributed by atoms with van der Waals surface area (Å²) in [5, 5.41) is 0. The average Bonchev–Trinajstić information content (AvgIpc) is 3.41. The minimum Gasteiger partial charge on any atom is -0.462 e. The van der Waals surface area contributed by atoms with Crippen LogP contribution in [0.2, 0.25) is 0 Å². The smallest absolute Gasteiger partial charge is 0.315 e. The Morgan fingerprint density at radius 3 is 2.81 bits per heavy atom. The number of esters is 1. The minimum atomic E-state index is -0.666. The van der Waals surface area contributed by atoms with Gasteiger partial charge in [0.05, 0.1) is 6.10 Å². The fraction of sp³-hybridized carbons (Fsp3) is 0.560. The fourth-order valence-electron chi connectivity index (χ4n) is 5.26. The zero-order valence-electron chi connectivity index (χ0n) is 18.8. The van der Waals surface area contributed by atoms with Gasteiger partial charge >= 0.3 is 5.97 Å². The van der Waals surface area contributed by atoms with Crippen molar-refractivity contribution in [2.45, 2.75) is 58.5 Å². The molecule has 1 aromatic rings. The topological polar surface area (TPSA) is 83.4 Å². The van der Waals surface area contributed by atoms with Crippen LogP contribution in [-0.4, -0.2) is 43.6 Å². The Morgan fingerprint density at radius 2 is 2.03 bits per heavy atom. The number of fused-ring (bicyclic) bond motifs is 1. The van der Waals surface area contributed by atoms with Crippen LogP contribution >= 0.6 is 0 Å². The van der Waals surface area contributed by atoms with Crippen LogP contribution in [0.5, 0.6) is 11.5 Å². The number of carbonyl (C=O) groups is 2. The van der Waals surface area contributed by atoms with E-state index in [1.807, 2.05) is 25.1 Å². The molecule has 0 bridgehead atoms. The molecule has 0 spiro atoms. The number of hydrogen-bond donors (Lipinski definition) is 0. The van der Waals surface area contributed by atoms with Crippen molar-refractivity contribution in [1.29, 1.82) is 0 Å². The van der Waals surface area contributed by atoms with E-state index in [2.05, 4.69) is 13.8 Å². The highest BCUT2D eigenvalue weighted by atomic mass is 16.7. The molecule has 7 heteroatoms. The van der Waals surface area contributed by atoms with Gasteiger partial charge in [-0.05, 0) is 49.3 Å². The van der Waals surface area contributed by atoms with E-state index in [0.29, 0.717) is 42.2 Å². The predicted octanol–water partition coefficient (Wildman–Crippen LogP) is 3.96. The van der Waals surface area contributed by atoms with Crippen molar-refractivity contribution in [3.05, 3.63) is 35.0 Å². The molecule has 0 saturated carbocycles. The molecule has 0 N–H and O–H groups in total. The molecular weight excluding hydrogens is 410 g/mol. The highest BCUT2D eigenvalue weighted by Gasteiger charge is 2.46. The molecule has 32 heavy (non-hydrogen) atoms. The van der Waals surface area contributed by atoms with Gasteiger partial charge in [-0.2, -0.15) is 0 Å². The molecule has 1 unspecified atom stereocenters. The molecule has 4 aliphatic rings. The molecule has 3 heterocycles. The number of ether oxygens (including phenoxy) is 4. The Balaban J connectivity index is 1.53. The van der Waals surface area contributed by atoms with E-state index in [9.17, 15) is 9.59 Å². The van der Waals surface area contributed by atoms with Crippen LogP contribution in [0, 0.1) is 11.3 Å². The molecule has 3 atom stereocenters. The van der Waals surface area contributed by atoms with Crippen LogP contribution < -0.4 is 9.47 Å². The molecule has 7 nitrogen and oxygen atoms in total. The number of benzene rings is 1. The molecule has 0 radical (unpaired) electrons. The maximum absolute atomic E-state index is 13.3. The van der Waals surface area contributed by atoms with Crippen LogP contribution in [0.3, 0.4) is 0 Å². The van der Waals surface area contributed by atoms with Gasteiger partial charge in [0.2, 0.25) is 6.79 Å². The maximum atomic E-state index is 13.3. The number of Topliss-reactive ketones (excluding diaryl/α,β-unsaturated/α-hetero) is 1. The van der Waals surface area contributed by atoms with Gasteiger partial charge in [-0.3, -0.25) is 14.6 Å². The second-order valence-corrected chi connectivity index (χ2v) is 9.89. The van der Waals surface area contributed by atoms with E-state index in [-0.39, 0.29) is 36.7 Å². The van der Waals surface area contributed by atoms with Crippen LogP contribution in [0.4, 0.5) is 0 Å². The maximum Gasteiger partial charge on any atom is 0.315 e. The van der Waals surface area contributed by atoms with E-state index in [4.69, 9.17) is 23.9 Å². The van der Waals surface area contributed by atoms with Crippen molar-refractivity contribution in [3.8, 4) is 11.5 Å². The monoisotopic (exact) mass is 439 g/mol. The van der Waals surface area contributed by atoms with E-state index in [1.54, 1.807) is 0 Å². The summed E-state index contributed by atoms with van der Waals surface area (Å²) in [6.45, 7) is 7.11. The van der Waals surface area contributed by atoms with Gasteiger partial charge in [0.15, 0.2) is 17.3 Å². The van der Waals surface area contributed by atoms with Crippen LogP contribution in [0.25, 0.3) is 0 Å². The number of nitrogens with zero attached hydrogens (tertiary/aromatic N) is 1. The summed E-state index contributed by atoms with van der Waals surface area (Å²) in [7, 11) is 0. The third-order valence-electron chi connectivity index (χ3n) is 6.75. The first-order chi connectivity index (χ1) is 15.3. The van der Waals surface area contributed by atoms with Gasteiger partial charge in [-0.15, -0.1) is 0 Å². The summed E-state index contributed by atoms with van der Waals surface area (Å²) < 4.78 is 22.3. The normalized spacial score (nSPS) is 28.4. The van der Waals surface area contributed by atoms with E-state index < -0.39 is 11.8 Å². The third kappa shape index (κ3) is 3.83. The van der Waals surface area contributed by atoms with Crippen LogP contribution in [-0.2, 0) is 19.1 Å². The quantitative estimate of drug-likeness (QED) is 0.661. The predicted molar refractivity (Wildman–Crippen MR) is 117 cm³/mol. The number of allylic oxidation sites excluding steroid dienone is 2.